The van der Waals surface area contributed by atoms with Crippen LogP contribution in [-0.2, 0) is 4.74 Å². The summed E-state index contributed by atoms with van der Waals surface area (Å²) in [6.07, 6.45) is 4.04. The van der Waals surface area contributed by atoms with Crippen molar-refractivity contribution >= 4 is 11.6 Å². The average Bonchev–Trinajstić information content (AvgIpc) is 2.28. The summed E-state index contributed by atoms with van der Waals surface area (Å²) in [5.41, 5.74) is 0. The number of nitrogens with zero attached hydrogens (tertiary/aromatic N) is 3. The predicted molar refractivity (Wildman–Crippen MR) is 63.8 cm³/mol. The number of hydrogen-bond acceptors (Lipinski definition) is 5. The molecule has 88 valence electrons. The van der Waals surface area contributed by atoms with Crippen LogP contribution in [0.3, 0.4) is 0 Å². The fourth-order valence-electron chi connectivity index (χ4n) is 1.98. The van der Waals surface area contributed by atoms with E-state index >= 15 is 0 Å². The second kappa shape index (κ2) is 4.65. The molecule has 1 aromatic heterocycles. The molecule has 5 nitrogen and oxygen atoms in total. The summed E-state index contributed by atoms with van der Waals surface area (Å²) >= 11 is 0. The van der Waals surface area contributed by atoms with Crippen molar-refractivity contribution in [3.8, 4) is 0 Å². The lowest BCUT2D eigenvalue weighted by Gasteiger charge is -2.35. The second-order valence-corrected chi connectivity index (χ2v) is 4.17. The van der Waals surface area contributed by atoms with Crippen LogP contribution in [0, 0.1) is 0 Å². The lowest BCUT2D eigenvalue weighted by molar-refractivity contribution is -0.00547. The molecule has 0 aromatic carbocycles. The Morgan fingerprint density at radius 2 is 1.94 bits per heavy atom. The molecule has 0 saturated carbocycles. The van der Waals surface area contributed by atoms with E-state index < -0.39 is 0 Å². The molecule has 1 aromatic rings. The first-order chi connectivity index (χ1) is 7.69. The van der Waals surface area contributed by atoms with Gasteiger partial charge in [-0.3, -0.25) is 0 Å². The molecule has 2 heterocycles. The Bertz CT molecular complexity index is 330. The van der Waals surface area contributed by atoms with Crippen LogP contribution < -0.4 is 10.2 Å². The van der Waals surface area contributed by atoms with Crippen LogP contribution in [0.4, 0.5) is 11.6 Å². The lowest BCUT2D eigenvalue weighted by atomic mass is 10.2. The summed E-state index contributed by atoms with van der Waals surface area (Å²) in [4.78, 5) is 10.9. The second-order valence-electron chi connectivity index (χ2n) is 4.17. The topological polar surface area (TPSA) is 50.3 Å². The SMILES string of the molecule is CNc1cnc(N2C[C@@H](C)O[C@@H](C)C2)cn1. The molecule has 0 unspecified atom stereocenters. The largest absolute Gasteiger partial charge is 0.372 e. The zero-order chi connectivity index (χ0) is 11.5. The first kappa shape index (κ1) is 11.1. The van der Waals surface area contributed by atoms with Gasteiger partial charge in [-0.25, -0.2) is 9.97 Å². The van der Waals surface area contributed by atoms with Crippen LogP contribution in [0.25, 0.3) is 0 Å². The molecule has 0 radical (unpaired) electrons. The molecule has 1 fully saturated rings. The molecule has 2 atom stereocenters. The van der Waals surface area contributed by atoms with E-state index in [2.05, 4.69) is 34.0 Å². The Labute approximate surface area is 95.8 Å². The Morgan fingerprint density at radius 3 is 2.44 bits per heavy atom. The van der Waals surface area contributed by atoms with Crippen LogP contribution >= 0.6 is 0 Å². The molecule has 0 spiro atoms. The van der Waals surface area contributed by atoms with Gasteiger partial charge in [0.1, 0.15) is 11.6 Å². The molecule has 0 bridgehead atoms. The van der Waals surface area contributed by atoms with Gasteiger partial charge in [0, 0.05) is 20.1 Å². The highest BCUT2D eigenvalue weighted by Crippen LogP contribution is 2.17. The van der Waals surface area contributed by atoms with Gasteiger partial charge in [0.25, 0.3) is 0 Å². The fourth-order valence-corrected chi connectivity index (χ4v) is 1.98. The number of morpholine rings is 1. The number of rotatable bonds is 2. The quantitative estimate of drug-likeness (QED) is 0.813. The van der Waals surface area contributed by atoms with Crippen molar-refractivity contribution in [1.82, 2.24) is 9.97 Å². The van der Waals surface area contributed by atoms with Gasteiger partial charge in [0.15, 0.2) is 0 Å². The normalized spacial score (nSPS) is 25.6. The minimum Gasteiger partial charge on any atom is -0.372 e. The van der Waals surface area contributed by atoms with Gasteiger partial charge in [0.2, 0.25) is 0 Å². The lowest BCUT2D eigenvalue weighted by Crippen LogP contribution is -2.45. The number of ether oxygens (including phenoxy) is 1. The van der Waals surface area contributed by atoms with Crippen molar-refractivity contribution in [1.29, 1.82) is 0 Å². The molecule has 1 saturated heterocycles. The molecule has 0 aliphatic carbocycles. The van der Waals surface area contributed by atoms with Crippen molar-refractivity contribution in [2.45, 2.75) is 26.1 Å². The predicted octanol–water partition coefficient (Wildman–Crippen LogP) is 1.13. The molecule has 1 aliphatic heterocycles. The van der Waals surface area contributed by atoms with Gasteiger partial charge in [-0.2, -0.15) is 0 Å². The maximum absolute atomic E-state index is 5.68. The van der Waals surface area contributed by atoms with Crippen molar-refractivity contribution < 1.29 is 4.74 Å². The van der Waals surface area contributed by atoms with Gasteiger partial charge in [-0.1, -0.05) is 0 Å². The molecular weight excluding hydrogens is 204 g/mol. The number of anilines is 2. The number of aromatic nitrogens is 2. The third kappa shape index (κ3) is 2.41. The van der Waals surface area contributed by atoms with Gasteiger partial charge in [0.05, 0.1) is 24.6 Å². The standard InChI is InChI=1S/C11H18N4O/c1-8-6-15(7-9(2)16-8)11-5-13-10(12-3)4-14-11/h4-5,8-9H,6-7H2,1-3H3,(H,12,13)/t8-,9+. The van der Waals surface area contributed by atoms with Crippen LogP contribution in [0.5, 0.6) is 0 Å². The first-order valence-corrected chi connectivity index (χ1v) is 5.59. The number of hydrogen-bond donors (Lipinski definition) is 1. The summed E-state index contributed by atoms with van der Waals surface area (Å²) in [5, 5.41) is 2.96. The monoisotopic (exact) mass is 222 g/mol. The summed E-state index contributed by atoms with van der Waals surface area (Å²) in [6.45, 7) is 5.91. The summed E-state index contributed by atoms with van der Waals surface area (Å²) in [7, 11) is 1.84. The van der Waals surface area contributed by atoms with Crippen LogP contribution in [0.2, 0.25) is 0 Å². The van der Waals surface area contributed by atoms with E-state index in [1.165, 1.54) is 0 Å². The Kier molecular flexibility index (Phi) is 3.24. The van der Waals surface area contributed by atoms with E-state index in [1.54, 1.807) is 12.4 Å². The highest BCUT2D eigenvalue weighted by atomic mass is 16.5. The zero-order valence-corrected chi connectivity index (χ0v) is 9.97. The third-order valence-corrected chi connectivity index (χ3v) is 2.64. The fraction of sp³-hybridized carbons (Fsp3) is 0.636. The average molecular weight is 222 g/mol. The minimum atomic E-state index is 0.245. The van der Waals surface area contributed by atoms with Gasteiger partial charge >= 0.3 is 0 Å². The first-order valence-electron chi connectivity index (χ1n) is 5.59. The van der Waals surface area contributed by atoms with Crippen molar-refractivity contribution in [2.24, 2.45) is 0 Å². The van der Waals surface area contributed by atoms with E-state index in [0.717, 1.165) is 24.7 Å². The molecule has 1 aliphatic rings. The van der Waals surface area contributed by atoms with E-state index in [1.807, 2.05) is 7.05 Å². The summed E-state index contributed by atoms with van der Waals surface area (Å²) < 4.78 is 5.68. The Hall–Kier alpha value is -1.36. The van der Waals surface area contributed by atoms with Crippen molar-refractivity contribution in [3.05, 3.63) is 12.4 Å². The Balaban J connectivity index is 2.10. The van der Waals surface area contributed by atoms with E-state index in [0.29, 0.717) is 0 Å². The van der Waals surface area contributed by atoms with Gasteiger partial charge < -0.3 is 15.0 Å². The smallest absolute Gasteiger partial charge is 0.147 e. The number of nitrogens with one attached hydrogen (secondary N) is 1. The van der Waals surface area contributed by atoms with Crippen LogP contribution in [0.1, 0.15) is 13.8 Å². The van der Waals surface area contributed by atoms with E-state index in [4.69, 9.17) is 4.74 Å². The highest BCUT2D eigenvalue weighted by Gasteiger charge is 2.23. The van der Waals surface area contributed by atoms with Crippen molar-refractivity contribution in [2.75, 3.05) is 30.4 Å². The van der Waals surface area contributed by atoms with E-state index in [-0.39, 0.29) is 12.2 Å². The van der Waals surface area contributed by atoms with Crippen molar-refractivity contribution in [3.63, 3.8) is 0 Å². The summed E-state index contributed by atoms with van der Waals surface area (Å²) in [5.74, 6) is 1.71. The Morgan fingerprint density at radius 1 is 1.25 bits per heavy atom. The van der Waals surface area contributed by atoms with E-state index in [9.17, 15) is 0 Å². The minimum absolute atomic E-state index is 0.245. The zero-order valence-electron chi connectivity index (χ0n) is 9.97. The van der Waals surface area contributed by atoms with Crippen LogP contribution in [0.15, 0.2) is 12.4 Å². The molecule has 0 amide bonds. The molecule has 16 heavy (non-hydrogen) atoms. The highest BCUT2D eigenvalue weighted by molar-refractivity contribution is 5.41. The molecule has 5 heteroatoms. The van der Waals surface area contributed by atoms with Crippen LogP contribution in [-0.4, -0.2) is 42.3 Å². The van der Waals surface area contributed by atoms with Gasteiger partial charge in [-0.05, 0) is 13.8 Å². The maximum atomic E-state index is 5.68. The molecule has 1 N–H and O–H groups in total. The third-order valence-electron chi connectivity index (χ3n) is 2.64. The molecular formula is C11H18N4O. The van der Waals surface area contributed by atoms with Gasteiger partial charge in [-0.15, -0.1) is 0 Å². The summed E-state index contributed by atoms with van der Waals surface area (Å²) in [6, 6.07) is 0. The molecule has 2 rings (SSSR count). The maximum Gasteiger partial charge on any atom is 0.147 e.